The molecule has 2 rings (SSSR count). The lowest BCUT2D eigenvalue weighted by atomic mass is 10.1. The van der Waals surface area contributed by atoms with E-state index in [2.05, 4.69) is 15.5 Å². The molecule has 0 fully saturated rings. The van der Waals surface area contributed by atoms with E-state index in [-0.39, 0.29) is 12.1 Å². The number of nitrogens with two attached hydrogens (primary N) is 1. The first-order valence-electron chi connectivity index (χ1n) is 5.65. The van der Waals surface area contributed by atoms with Crippen LogP contribution in [-0.4, -0.2) is 14.8 Å². The van der Waals surface area contributed by atoms with E-state index in [1.165, 1.54) is 0 Å². The molecule has 0 aliphatic heterocycles. The van der Waals surface area contributed by atoms with Gasteiger partial charge in [0.05, 0.1) is 27.6 Å². The lowest BCUT2D eigenvalue weighted by Crippen LogP contribution is -2.31. The van der Waals surface area contributed by atoms with Gasteiger partial charge in [-0.05, 0) is 20.8 Å². The van der Waals surface area contributed by atoms with Crippen molar-refractivity contribution in [1.82, 2.24) is 20.2 Å². The van der Waals surface area contributed by atoms with Crippen LogP contribution in [-0.2, 0) is 0 Å². The van der Waals surface area contributed by atoms with Gasteiger partial charge in [0.15, 0.2) is 0 Å². The van der Waals surface area contributed by atoms with E-state index in [9.17, 15) is 0 Å². The molecule has 2 aromatic rings. The maximum atomic E-state index is 6.22. The van der Waals surface area contributed by atoms with Crippen molar-refractivity contribution in [3.05, 3.63) is 33.0 Å². The van der Waals surface area contributed by atoms with E-state index in [0.717, 1.165) is 16.4 Å². The van der Waals surface area contributed by atoms with Crippen LogP contribution >= 0.6 is 22.9 Å². The van der Waals surface area contributed by atoms with Crippen LogP contribution < -0.4 is 11.3 Å². The fourth-order valence-electron chi connectivity index (χ4n) is 1.85. The van der Waals surface area contributed by atoms with Gasteiger partial charge in [0.25, 0.3) is 0 Å². The van der Waals surface area contributed by atoms with Crippen LogP contribution in [0, 0.1) is 6.92 Å². The predicted octanol–water partition coefficient (Wildman–Crippen LogP) is 2.44. The Morgan fingerprint density at radius 1 is 1.50 bits per heavy atom. The average Bonchev–Trinajstić information content (AvgIpc) is 2.88. The molecule has 0 bridgehead atoms. The van der Waals surface area contributed by atoms with Gasteiger partial charge < -0.3 is 0 Å². The van der Waals surface area contributed by atoms with Crippen LogP contribution in [0.2, 0.25) is 5.02 Å². The van der Waals surface area contributed by atoms with E-state index in [0.29, 0.717) is 5.02 Å². The van der Waals surface area contributed by atoms with Crippen molar-refractivity contribution in [2.75, 3.05) is 0 Å². The highest BCUT2D eigenvalue weighted by Gasteiger charge is 2.24. The number of hydrogen-bond donors (Lipinski definition) is 2. The second kappa shape index (κ2) is 5.36. The summed E-state index contributed by atoms with van der Waals surface area (Å²) in [5.74, 6) is 5.66. The second-order valence-corrected chi connectivity index (χ2v) is 5.78. The Bertz CT molecular complexity index is 533. The van der Waals surface area contributed by atoms with E-state index < -0.39 is 0 Å². The highest BCUT2D eigenvalue weighted by molar-refractivity contribution is 7.09. The summed E-state index contributed by atoms with van der Waals surface area (Å²) in [5, 5.41) is 7.85. The third-order valence-corrected chi connectivity index (χ3v) is 3.73. The molecule has 5 nitrogen and oxygen atoms in total. The minimum Gasteiger partial charge on any atom is -0.270 e. The molecule has 3 N–H and O–H groups in total. The first kappa shape index (κ1) is 13.5. The van der Waals surface area contributed by atoms with Crippen LogP contribution in [0.25, 0.3) is 0 Å². The third-order valence-electron chi connectivity index (χ3n) is 2.65. The van der Waals surface area contributed by atoms with Crippen LogP contribution in [0.15, 0.2) is 11.6 Å². The van der Waals surface area contributed by atoms with Gasteiger partial charge in [-0.25, -0.2) is 10.4 Å². The summed E-state index contributed by atoms with van der Waals surface area (Å²) in [6.07, 6.45) is 1.64. The number of aromatic nitrogens is 3. The molecule has 0 aromatic carbocycles. The maximum Gasteiger partial charge on any atom is 0.107 e. The molecule has 0 saturated heterocycles. The third kappa shape index (κ3) is 2.42. The van der Waals surface area contributed by atoms with Crippen molar-refractivity contribution in [3.63, 3.8) is 0 Å². The van der Waals surface area contributed by atoms with Crippen LogP contribution in [0.5, 0.6) is 0 Å². The Morgan fingerprint density at radius 3 is 2.72 bits per heavy atom. The molecule has 2 heterocycles. The predicted molar refractivity (Wildman–Crippen MR) is 73.6 cm³/mol. The van der Waals surface area contributed by atoms with E-state index in [1.54, 1.807) is 17.5 Å². The molecule has 0 radical (unpaired) electrons. The van der Waals surface area contributed by atoms with Crippen molar-refractivity contribution in [3.8, 4) is 0 Å². The molecule has 2 aromatic heterocycles. The summed E-state index contributed by atoms with van der Waals surface area (Å²) in [6, 6.07) is -0.0320. The zero-order valence-electron chi connectivity index (χ0n) is 10.5. The van der Waals surface area contributed by atoms with Crippen LogP contribution in [0.4, 0.5) is 0 Å². The largest absolute Gasteiger partial charge is 0.270 e. The normalized spacial score (nSPS) is 13.2. The number of nitrogens with zero attached hydrogens (tertiary/aromatic N) is 3. The maximum absolute atomic E-state index is 6.22. The summed E-state index contributed by atoms with van der Waals surface area (Å²) in [7, 11) is 0. The Hall–Kier alpha value is -0.950. The highest BCUT2D eigenvalue weighted by Crippen LogP contribution is 2.30. The van der Waals surface area contributed by atoms with Gasteiger partial charge in [0, 0.05) is 11.4 Å². The molecule has 1 unspecified atom stereocenters. The van der Waals surface area contributed by atoms with Gasteiger partial charge in [0.1, 0.15) is 6.04 Å². The van der Waals surface area contributed by atoms with Gasteiger partial charge in [-0.3, -0.25) is 10.5 Å². The number of hydrogen-bond acceptors (Lipinski definition) is 5. The Morgan fingerprint density at radius 2 is 2.22 bits per heavy atom. The van der Waals surface area contributed by atoms with E-state index >= 15 is 0 Å². The van der Waals surface area contributed by atoms with Gasteiger partial charge in [-0.15, -0.1) is 11.3 Å². The molecule has 18 heavy (non-hydrogen) atoms. The fourth-order valence-corrected chi connectivity index (χ4v) is 2.73. The van der Waals surface area contributed by atoms with Gasteiger partial charge >= 0.3 is 0 Å². The summed E-state index contributed by atoms with van der Waals surface area (Å²) >= 11 is 7.80. The average molecular weight is 286 g/mol. The molecule has 98 valence electrons. The summed E-state index contributed by atoms with van der Waals surface area (Å²) in [6.45, 7) is 6.06. The number of nitrogens with one attached hydrogen (secondary N) is 1. The minimum absolute atomic E-state index is 0.211. The summed E-state index contributed by atoms with van der Waals surface area (Å²) in [4.78, 5) is 4.46. The van der Waals surface area contributed by atoms with Crippen molar-refractivity contribution in [1.29, 1.82) is 0 Å². The van der Waals surface area contributed by atoms with Gasteiger partial charge in [0.2, 0.25) is 0 Å². The Kier molecular flexibility index (Phi) is 4.01. The van der Waals surface area contributed by atoms with Crippen molar-refractivity contribution < 1.29 is 0 Å². The molecular weight excluding hydrogens is 270 g/mol. The fraction of sp³-hybridized carbons (Fsp3) is 0.455. The molecule has 0 aliphatic rings. The van der Waals surface area contributed by atoms with Crippen molar-refractivity contribution in [2.45, 2.75) is 32.9 Å². The Balaban J connectivity index is 2.47. The van der Waals surface area contributed by atoms with E-state index in [1.807, 2.05) is 30.8 Å². The zero-order valence-corrected chi connectivity index (χ0v) is 12.1. The van der Waals surface area contributed by atoms with Crippen LogP contribution in [0.1, 0.15) is 42.3 Å². The summed E-state index contributed by atoms with van der Waals surface area (Å²) < 4.78 is 1.86. The van der Waals surface area contributed by atoms with E-state index in [4.69, 9.17) is 17.4 Å². The lowest BCUT2D eigenvalue weighted by Gasteiger charge is -2.18. The topological polar surface area (TPSA) is 68.8 Å². The van der Waals surface area contributed by atoms with Crippen LogP contribution in [0.3, 0.4) is 0 Å². The molecule has 0 saturated carbocycles. The lowest BCUT2D eigenvalue weighted by molar-refractivity contribution is 0.473. The SMILES string of the molecule is Cc1nc(C(NN)c2c(Cl)cnn2C(C)C)cs1. The van der Waals surface area contributed by atoms with Gasteiger partial charge in [-0.2, -0.15) is 5.10 Å². The minimum atomic E-state index is -0.243. The first-order chi connectivity index (χ1) is 8.54. The first-order valence-corrected chi connectivity index (χ1v) is 6.91. The molecule has 0 amide bonds. The zero-order chi connectivity index (χ0) is 13.3. The monoisotopic (exact) mass is 285 g/mol. The number of hydrazine groups is 1. The van der Waals surface area contributed by atoms with Crippen molar-refractivity contribution >= 4 is 22.9 Å². The number of halogens is 1. The standard InChI is InChI=1S/C11H16ClN5S/c1-6(2)17-11(8(12)4-14-17)10(16-13)9-5-18-7(3)15-9/h4-6,10,16H,13H2,1-3H3. The number of aryl methyl sites for hydroxylation is 1. The molecule has 0 spiro atoms. The quantitative estimate of drug-likeness (QED) is 0.669. The number of rotatable bonds is 4. The van der Waals surface area contributed by atoms with Crippen molar-refractivity contribution in [2.24, 2.45) is 5.84 Å². The Labute approximate surface area is 115 Å². The summed E-state index contributed by atoms with van der Waals surface area (Å²) in [5.41, 5.74) is 4.48. The molecule has 1 atom stereocenters. The molecule has 7 heteroatoms. The van der Waals surface area contributed by atoms with Gasteiger partial charge in [-0.1, -0.05) is 11.6 Å². The molecular formula is C11H16ClN5S. The second-order valence-electron chi connectivity index (χ2n) is 4.31. The number of thiazole rings is 1. The highest BCUT2D eigenvalue weighted by atomic mass is 35.5. The smallest absolute Gasteiger partial charge is 0.107 e. The molecule has 0 aliphatic carbocycles.